The summed E-state index contributed by atoms with van der Waals surface area (Å²) in [6, 6.07) is 20.1. The molecule has 4 aromatic carbocycles. The third kappa shape index (κ3) is 15.1. The number of aromatic carboxylic acids is 2. The molecule has 1 saturated heterocycles. The number of carbonyl (C=O) groups excluding carboxylic acids is 9. The number of nitrogens with two attached hydrogens (primary N) is 1. The highest BCUT2D eigenvalue weighted by molar-refractivity contribution is 6.11. The SMILES string of the molecule is CC(=O)O[C@H]1C(=O)[C@]2(C)[C@@H](OC(=O)c3cc(C(=O)O)c(C(=O)NCCNC(=O)CC[C@H](NC(=O)c4ccc(NCc5cnc6nc(N)[nH]c(=O)c6n5)cc4)C(=O)O)cc3C(=O)O)C[C@H]3OC[C@@]3(OC(C)=O)[C@H]2C[C@]2(O)C[C@H](OC(=O)[C@H](O)[C@@H](NC(=O)c3ccccc3)c3ccccc3)C(C)=C1C2(C)C. The molecule has 4 aliphatic rings. The Kier molecular flexibility index (Phi) is 21.6. The smallest absolute Gasteiger partial charge is 0.339 e. The fourth-order valence-electron chi connectivity index (χ4n) is 14.1. The third-order valence-corrected chi connectivity index (χ3v) is 19.7. The largest absolute Gasteiger partial charge is 0.480 e. The van der Waals surface area contributed by atoms with Crippen molar-refractivity contribution in [1.29, 1.82) is 0 Å². The first-order valence-corrected chi connectivity index (χ1v) is 32.7. The van der Waals surface area contributed by atoms with E-state index in [0.717, 1.165) is 13.8 Å². The molecule has 3 fully saturated rings. The van der Waals surface area contributed by atoms with Crippen molar-refractivity contribution in [3.63, 3.8) is 0 Å². The normalized spacial score (nSPS) is 23.0. The number of nitrogens with one attached hydrogen (secondary N) is 6. The van der Waals surface area contributed by atoms with E-state index >= 15 is 4.79 Å². The fraction of sp³-hybridized carbons (Fsp3) is 0.380. The van der Waals surface area contributed by atoms with E-state index in [4.69, 9.17) is 29.4 Å². The summed E-state index contributed by atoms with van der Waals surface area (Å²) in [6.45, 7) is 6.88. The lowest BCUT2D eigenvalue weighted by Crippen LogP contribution is -2.78. The van der Waals surface area contributed by atoms with Gasteiger partial charge in [-0.3, -0.25) is 43.3 Å². The molecule has 2 bridgehead atoms. The first kappa shape index (κ1) is 74.8. The number of ketones is 1. The van der Waals surface area contributed by atoms with Gasteiger partial charge in [0.1, 0.15) is 24.4 Å². The van der Waals surface area contributed by atoms with Crippen molar-refractivity contribution in [3.05, 3.63) is 169 Å². The van der Waals surface area contributed by atoms with Gasteiger partial charge in [-0.2, -0.15) is 4.98 Å². The Bertz CT molecular complexity index is 4570. The van der Waals surface area contributed by atoms with Crippen LogP contribution in [-0.4, -0.2) is 184 Å². The molecule has 13 N–H and O–H groups in total. The monoisotopic (exact) mass is 1430 g/mol. The van der Waals surface area contributed by atoms with E-state index in [-0.39, 0.29) is 52.5 Å². The minimum Gasteiger partial charge on any atom is -0.480 e. The number of carboxylic acids is 3. The van der Waals surface area contributed by atoms with Crippen LogP contribution in [-0.2, 0) is 59.0 Å². The highest BCUT2D eigenvalue weighted by Gasteiger charge is 2.75. The van der Waals surface area contributed by atoms with E-state index in [2.05, 4.69) is 46.5 Å². The molecule has 2 aromatic heterocycles. The molecule has 33 heteroatoms. The molecule has 0 spiro atoms. The molecule has 10 rings (SSSR count). The maximum Gasteiger partial charge on any atom is 0.339 e. The summed E-state index contributed by atoms with van der Waals surface area (Å²) in [6.07, 6.45) is -9.66. The number of anilines is 2. The van der Waals surface area contributed by atoms with E-state index in [1.807, 2.05) is 0 Å². The number of amides is 4. The number of nitrogen functional groups attached to an aromatic ring is 1. The molecule has 4 amide bonds. The summed E-state index contributed by atoms with van der Waals surface area (Å²) < 4.78 is 30.3. The standard InChI is InChI=1S/C71H74N10O23/c1-33-46(102-66(98)54(85)52(36-13-9-7-10-14-36)79-59(88)37-15-11-8-12-16-37)28-70(99)29-47-69(6,56(86)55(101-34(2)82)51(33)68(70,4)5)48(27-49-71(47,32-100-49)104-35(3)83)103-65(97)44-26-42(62(91)92)41(25-43(44)63(93)94)60(89)74-24-23-73-50(84)22-21-45(64(95)96)78-58(87)38-17-19-39(20-18-38)75-30-40-31-76-57-53(77-40)61(90)81-67(72)80-57/h7-20,25-26,31,45-49,52,54-55,75,85,99H,21-24,27-30,32H2,1-6H3,(H,73,84)(H,74,89)(H,78,87)(H,79,88)(H,91,92)(H,93,94)(H,95,96)(H3,72,76,80,81,90)/t45-,46-,47-,48-,49+,52-,54+,55+,69-,70+,71+/m0/s1. The summed E-state index contributed by atoms with van der Waals surface area (Å²) in [5.74, 6) is -15.9. The van der Waals surface area contributed by atoms with Gasteiger partial charge in [-0.15, -0.1) is 0 Å². The van der Waals surface area contributed by atoms with Crippen LogP contribution in [0.2, 0.25) is 0 Å². The quantitative estimate of drug-likeness (QED) is 0.0170. The summed E-state index contributed by atoms with van der Waals surface area (Å²) in [5, 5.41) is 69.3. The topological polar surface area (TPSA) is 510 Å². The fourth-order valence-corrected chi connectivity index (χ4v) is 14.1. The minimum atomic E-state index is -2.24. The maximum atomic E-state index is 16.2. The Labute approximate surface area is 590 Å². The zero-order valence-corrected chi connectivity index (χ0v) is 56.8. The van der Waals surface area contributed by atoms with Crippen molar-refractivity contribution in [2.75, 3.05) is 30.7 Å². The zero-order valence-electron chi connectivity index (χ0n) is 56.8. The summed E-state index contributed by atoms with van der Waals surface area (Å²) in [5.41, 5.74) is -4.99. The lowest BCUT2D eigenvalue weighted by Gasteiger charge is -2.66. The van der Waals surface area contributed by atoms with Crippen LogP contribution in [0.1, 0.15) is 153 Å². The first-order chi connectivity index (χ1) is 49.2. The van der Waals surface area contributed by atoms with Gasteiger partial charge in [0, 0.05) is 74.3 Å². The molecule has 11 atom stereocenters. The number of ether oxygens (including phenoxy) is 5. The second kappa shape index (κ2) is 30.0. The molecule has 3 aliphatic carbocycles. The Hall–Kier alpha value is -11.8. The second-order valence-electron chi connectivity index (χ2n) is 26.4. The van der Waals surface area contributed by atoms with Gasteiger partial charge >= 0.3 is 41.8 Å². The maximum absolute atomic E-state index is 16.2. The average molecular weight is 1440 g/mol. The predicted molar refractivity (Wildman–Crippen MR) is 360 cm³/mol. The van der Waals surface area contributed by atoms with Gasteiger partial charge in [0.2, 0.25) is 11.9 Å². The molecule has 3 heterocycles. The number of Topliss-reactive ketones (excluding diaryl/α,β-unsaturated/α-hetero) is 1. The number of aliphatic carboxylic acids is 1. The number of hydrogen-bond donors (Lipinski definition) is 12. The van der Waals surface area contributed by atoms with Gasteiger partial charge in [-0.1, -0.05) is 62.4 Å². The molecule has 33 nitrogen and oxygen atoms in total. The van der Waals surface area contributed by atoms with Crippen LogP contribution in [0.15, 0.2) is 119 Å². The van der Waals surface area contributed by atoms with Crippen LogP contribution in [0.5, 0.6) is 0 Å². The van der Waals surface area contributed by atoms with Crippen LogP contribution < -0.4 is 37.9 Å². The number of aromatic amines is 1. The summed E-state index contributed by atoms with van der Waals surface area (Å²) in [7, 11) is 0. The number of nitrogens with zero attached hydrogens (tertiary/aromatic N) is 3. The molecule has 6 aromatic rings. The molecule has 0 radical (unpaired) electrons. The van der Waals surface area contributed by atoms with Gasteiger partial charge in [0.25, 0.3) is 23.3 Å². The highest BCUT2D eigenvalue weighted by atomic mass is 16.6. The molecule has 104 heavy (non-hydrogen) atoms. The highest BCUT2D eigenvalue weighted by Crippen LogP contribution is 2.64. The number of fused-ring (bicyclic) bond motifs is 6. The first-order valence-electron chi connectivity index (χ1n) is 32.7. The Balaban J connectivity index is 0.833. The lowest BCUT2D eigenvalue weighted by atomic mass is 9.45. The number of H-pyrrole nitrogens is 1. The number of carbonyl (C=O) groups is 12. The van der Waals surface area contributed by atoms with Gasteiger partial charge in [0.05, 0.1) is 64.4 Å². The number of aliphatic hydroxyl groups excluding tert-OH is 1. The van der Waals surface area contributed by atoms with Crippen molar-refractivity contribution in [3.8, 4) is 0 Å². The lowest BCUT2D eigenvalue weighted by molar-refractivity contribution is -0.327. The molecular weight excluding hydrogens is 1360 g/mol. The van der Waals surface area contributed by atoms with E-state index in [0.29, 0.717) is 29.1 Å². The van der Waals surface area contributed by atoms with Crippen molar-refractivity contribution >= 4 is 94.0 Å². The molecular formula is C71H74N10O23. The van der Waals surface area contributed by atoms with Crippen LogP contribution in [0.25, 0.3) is 11.2 Å². The van der Waals surface area contributed by atoms with Crippen LogP contribution in [0.3, 0.4) is 0 Å². The number of aromatic nitrogens is 4. The van der Waals surface area contributed by atoms with Crippen LogP contribution >= 0.6 is 0 Å². The van der Waals surface area contributed by atoms with E-state index in [9.17, 15) is 83.1 Å². The van der Waals surface area contributed by atoms with Gasteiger partial charge < -0.3 is 81.5 Å². The van der Waals surface area contributed by atoms with Gasteiger partial charge in [-0.05, 0) is 91.9 Å². The average Bonchev–Trinajstić information content (AvgIpc) is 0.677. The number of aliphatic hydroxyl groups is 2. The van der Waals surface area contributed by atoms with E-state index in [1.165, 1.54) is 56.4 Å². The molecule has 2 saturated carbocycles. The van der Waals surface area contributed by atoms with E-state index in [1.54, 1.807) is 62.4 Å². The van der Waals surface area contributed by atoms with Crippen molar-refractivity contribution in [2.45, 2.75) is 134 Å². The van der Waals surface area contributed by atoms with Crippen LogP contribution in [0, 0.1) is 16.7 Å². The van der Waals surface area contributed by atoms with Gasteiger partial charge in [0.15, 0.2) is 34.8 Å². The van der Waals surface area contributed by atoms with Crippen molar-refractivity contribution in [1.82, 2.24) is 41.2 Å². The second-order valence-corrected chi connectivity index (χ2v) is 26.4. The van der Waals surface area contributed by atoms with Crippen LogP contribution in [0.4, 0.5) is 11.6 Å². The summed E-state index contributed by atoms with van der Waals surface area (Å²) in [4.78, 5) is 191. The Morgan fingerprint density at radius 3 is 1.99 bits per heavy atom. The molecule has 0 unspecified atom stereocenters. The Morgan fingerprint density at radius 2 is 1.37 bits per heavy atom. The summed E-state index contributed by atoms with van der Waals surface area (Å²) >= 11 is 0. The number of carboxylic acid groups (broad SMARTS) is 3. The van der Waals surface area contributed by atoms with Crippen molar-refractivity contribution in [2.24, 2.45) is 16.7 Å². The predicted octanol–water partition coefficient (Wildman–Crippen LogP) is 2.89. The Morgan fingerprint density at radius 1 is 0.740 bits per heavy atom. The minimum absolute atomic E-state index is 0.0245. The van der Waals surface area contributed by atoms with Crippen molar-refractivity contribution < 1.29 is 107 Å². The van der Waals surface area contributed by atoms with Gasteiger partial charge in [-0.25, -0.2) is 33.9 Å². The number of hydrogen-bond acceptors (Lipinski definition) is 25. The van der Waals surface area contributed by atoms with E-state index < -0.39 is 215 Å². The molecule has 1 aliphatic heterocycles. The zero-order chi connectivity index (χ0) is 75.5. The number of rotatable bonds is 25. The third-order valence-electron chi connectivity index (χ3n) is 19.7. The number of benzene rings is 4. The number of esters is 4. The molecule has 546 valence electrons.